The molecule has 41 heavy (non-hydrogen) atoms. The predicted octanol–water partition coefficient (Wildman–Crippen LogP) is 2.85. The summed E-state index contributed by atoms with van der Waals surface area (Å²) >= 11 is 0. The first-order valence-electron chi connectivity index (χ1n) is 15.0. The van der Waals surface area contributed by atoms with Crippen molar-refractivity contribution in [2.24, 2.45) is 17.8 Å². The third-order valence-corrected chi connectivity index (χ3v) is 9.13. The summed E-state index contributed by atoms with van der Waals surface area (Å²) in [5.74, 6) is -3.05. The lowest BCUT2D eigenvalue weighted by atomic mass is 9.76. The van der Waals surface area contributed by atoms with Crippen molar-refractivity contribution in [3.05, 3.63) is 11.6 Å². The summed E-state index contributed by atoms with van der Waals surface area (Å²) in [6, 6.07) is -0.221. The number of methoxy groups -OCH3 is 1. The quantitative estimate of drug-likeness (QED) is 0.400. The Bertz CT molecular complexity index is 921. The highest BCUT2D eigenvalue weighted by Gasteiger charge is 2.49. The molecule has 0 radical (unpaired) electrons. The molecule has 0 saturated carbocycles. The maximum Gasteiger partial charge on any atom is 0.311 e. The summed E-state index contributed by atoms with van der Waals surface area (Å²) in [6.07, 6.45) is -2.24. The summed E-state index contributed by atoms with van der Waals surface area (Å²) in [6.45, 7) is 14.0. The largest absolute Gasteiger partial charge is 0.459 e. The topological polar surface area (TPSA) is 135 Å². The zero-order chi connectivity index (χ0) is 31.4. The number of hydrogen-bond acceptors (Lipinski definition) is 10. The van der Waals surface area contributed by atoms with Crippen molar-refractivity contribution < 1.29 is 43.9 Å². The number of cyclic esters (lactones) is 1. The molecule has 2 heterocycles. The molecule has 2 rings (SSSR count). The van der Waals surface area contributed by atoms with Crippen LogP contribution in [0, 0.1) is 17.8 Å². The molecular formula is C31H55NO9. The fourth-order valence-corrected chi connectivity index (χ4v) is 6.39. The van der Waals surface area contributed by atoms with E-state index in [4.69, 9.17) is 18.9 Å². The number of hydrogen-bond donors (Lipinski definition) is 3. The Balaban J connectivity index is 2.64. The molecule has 0 amide bonds. The number of Topliss-reactive ketones (excluding diaryl/α,β-unsaturated/α-hetero) is 1. The molecule has 10 heteroatoms. The first-order chi connectivity index (χ1) is 18.9. The van der Waals surface area contributed by atoms with Gasteiger partial charge in [-0.05, 0) is 79.1 Å². The number of ketones is 1. The van der Waals surface area contributed by atoms with Gasteiger partial charge >= 0.3 is 5.97 Å². The van der Waals surface area contributed by atoms with Crippen LogP contribution in [0.2, 0.25) is 0 Å². The number of nitrogens with zero attached hydrogens (tertiary/aromatic N) is 1. The van der Waals surface area contributed by atoms with Crippen LogP contribution in [-0.4, -0.2) is 107 Å². The Morgan fingerprint density at radius 3 is 2.20 bits per heavy atom. The molecule has 12 atom stereocenters. The zero-order valence-electron chi connectivity index (χ0n) is 26.9. The number of rotatable bonds is 6. The van der Waals surface area contributed by atoms with Gasteiger partial charge in [-0.1, -0.05) is 27.7 Å². The third-order valence-electron chi connectivity index (χ3n) is 9.13. The van der Waals surface area contributed by atoms with Crippen LogP contribution in [0.15, 0.2) is 11.6 Å². The molecule has 1 saturated heterocycles. The average Bonchev–Trinajstić information content (AvgIpc) is 2.91. The van der Waals surface area contributed by atoms with Gasteiger partial charge in [0, 0.05) is 25.0 Å². The number of carbonyl (C=O) groups is 2. The molecule has 2 aliphatic rings. The van der Waals surface area contributed by atoms with Crippen LogP contribution in [0.1, 0.15) is 81.1 Å². The van der Waals surface area contributed by atoms with E-state index in [1.54, 1.807) is 34.6 Å². The van der Waals surface area contributed by atoms with Crippen LogP contribution in [0.25, 0.3) is 0 Å². The van der Waals surface area contributed by atoms with Crippen LogP contribution in [0.5, 0.6) is 0 Å². The van der Waals surface area contributed by atoms with E-state index in [1.807, 2.05) is 32.8 Å². The molecule has 0 aromatic rings. The summed E-state index contributed by atoms with van der Waals surface area (Å²) in [5, 5.41) is 34.0. The second-order valence-corrected chi connectivity index (χ2v) is 12.8. The smallest absolute Gasteiger partial charge is 0.311 e. The van der Waals surface area contributed by atoms with E-state index in [0.717, 1.165) is 0 Å². The number of allylic oxidation sites excluding steroid dienone is 1. The monoisotopic (exact) mass is 585 g/mol. The number of aliphatic hydroxyl groups is 3. The molecule has 3 N–H and O–H groups in total. The van der Waals surface area contributed by atoms with Crippen molar-refractivity contribution in [2.45, 2.75) is 135 Å². The van der Waals surface area contributed by atoms with E-state index >= 15 is 0 Å². The van der Waals surface area contributed by atoms with Crippen molar-refractivity contribution in [3.63, 3.8) is 0 Å². The number of esters is 1. The minimum Gasteiger partial charge on any atom is -0.459 e. The van der Waals surface area contributed by atoms with Crippen LogP contribution >= 0.6 is 0 Å². The van der Waals surface area contributed by atoms with Gasteiger partial charge in [-0.3, -0.25) is 9.59 Å². The second kappa shape index (κ2) is 14.4. The van der Waals surface area contributed by atoms with Crippen LogP contribution < -0.4 is 0 Å². The fraction of sp³-hybridized carbons (Fsp3) is 0.871. The summed E-state index contributed by atoms with van der Waals surface area (Å²) < 4.78 is 24.4. The van der Waals surface area contributed by atoms with Crippen molar-refractivity contribution in [1.29, 1.82) is 0 Å². The lowest BCUT2D eigenvalue weighted by molar-refractivity contribution is -0.301. The van der Waals surface area contributed by atoms with E-state index in [9.17, 15) is 24.9 Å². The average molecular weight is 586 g/mol. The van der Waals surface area contributed by atoms with Crippen LogP contribution in [-0.2, 0) is 28.5 Å². The molecule has 0 aromatic carbocycles. The van der Waals surface area contributed by atoms with Crippen LogP contribution in [0.3, 0.4) is 0 Å². The predicted molar refractivity (Wildman–Crippen MR) is 155 cm³/mol. The Morgan fingerprint density at radius 2 is 1.68 bits per heavy atom. The Morgan fingerprint density at radius 1 is 1.07 bits per heavy atom. The van der Waals surface area contributed by atoms with Crippen molar-refractivity contribution in [1.82, 2.24) is 4.90 Å². The molecule has 0 aromatic heterocycles. The van der Waals surface area contributed by atoms with Gasteiger partial charge in [0.1, 0.15) is 17.8 Å². The maximum absolute atomic E-state index is 13.7. The van der Waals surface area contributed by atoms with Gasteiger partial charge in [-0.15, -0.1) is 0 Å². The minimum absolute atomic E-state index is 0.162. The fourth-order valence-electron chi connectivity index (χ4n) is 6.39. The molecule has 0 bridgehead atoms. The zero-order valence-corrected chi connectivity index (χ0v) is 26.9. The highest BCUT2D eigenvalue weighted by molar-refractivity contribution is 5.97. The van der Waals surface area contributed by atoms with Gasteiger partial charge in [0.15, 0.2) is 12.1 Å². The standard InChI is InChI=1S/C31H55NO9/c1-12-21-16-30(7,37)23(13-2)40-28(36)20(6)25(34)19(5)27(31(8,38-11)15-17(3)24(21)33)41-29-26(35)22(32(9)10)14-18(4)39-29/h16-20,22-23,25-27,29,34-35,37H,12-15H2,1-11H3/t17-,18-,19+,20-,22?,23-,25+,26-,27-,29?,30+,31+/m1/s1. The van der Waals surface area contributed by atoms with Gasteiger partial charge in [0.2, 0.25) is 0 Å². The first kappa shape index (κ1) is 35.8. The molecule has 0 spiro atoms. The summed E-state index contributed by atoms with van der Waals surface area (Å²) in [4.78, 5) is 28.9. The molecule has 2 aliphatic heterocycles. The molecular weight excluding hydrogens is 530 g/mol. The Hall–Kier alpha value is -1.40. The van der Waals surface area contributed by atoms with Crippen LogP contribution in [0.4, 0.5) is 0 Å². The highest BCUT2D eigenvalue weighted by Crippen LogP contribution is 2.38. The van der Waals surface area contributed by atoms with Crippen molar-refractivity contribution in [2.75, 3.05) is 21.2 Å². The van der Waals surface area contributed by atoms with E-state index in [0.29, 0.717) is 24.8 Å². The molecule has 10 nitrogen and oxygen atoms in total. The number of ether oxygens (including phenoxy) is 4. The molecule has 2 unspecified atom stereocenters. The molecule has 1 fully saturated rings. The Labute approximate surface area is 246 Å². The van der Waals surface area contributed by atoms with Gasteiger partial charge in [-0.25, -0.2) is 0 Å². The van der Waals surface area contributed by atoms with Gasteiger partial charge < -0.3 is 39.2 Å². The molecule has 238 valence electrons. The third kappa shape index (κ3) is 8.16. The lowest BCUT2D eigenvalue weighted by Gasteiger charge is -2.47. The first-order valence-corrected chi connectivity index (χ1v) is 15.0. The number of carbonyl (C=O) groups excluding carboxylic acids is 2. The SMILES string of the molecule is CCC1=C[C@](C)(O)[C@@H](CC)OC(=O)[C@H](C)[C@@H](O)[C@H](C)[C@@H](OC2O[C@H](C)CC(N(C)C)[C@H]2O)[C@@](C)(OC)C[C@@H](C)C1=O. The van der Waals surface area contributed by atoms with E-state index in [1.165, 1.54) is 20.1 Å². The second-order valence-electron chi connectivity index (χ2n) is 12.8. The summed E-state index contributed by atoms with van der Waals surface area (Å²) in [7, 11) is 5.29. The lowest BCUT2D eigenvalue weighted by Crippen LogP contribution is -2.59. The Kier molecular flexibility index (Phi) is 12.6. The maximum atomic E-state index is 13.7. The van der Waals surface area contributed by atoms with E-state index in [2.05, 4.69) is 0 Å². The van der Waals surface area contributed by atoms with Gasteiger partial charge in [0.25, 0.3) is 0 Å². The van der Waals surface area contributed by atoms with Gasteiger partial charge in [0.05, 0.1) is 29.8 Å². The highest BCUT2D eigenvalue weighted by atomic mass is 16.7. The van der Waals surface area contributed by atoms with Gasteiger partial charge in [-0.2, -0.15) is 0 Å². The normalized spacial score (nSPS) is 43.8. The van der Waals surface area contributed by atoms with E-state index < -0.39 is 65.6 Å². The minimum atomic E-state index is -1.59. The van der Waals surface area contributed by atoms with Crippen molar-refractivity contribution in [3.8, 4) is 0 Å². The van der Waals surface area contributed by atoms with Crippen molar-refractivity contribution >= 4 is 11.8 Å². The number of likely N-dealkylation sites (N-methyl/N-ethyl adjacent to an activating group) is 1. The summed E-state index contributed by atoms with van der Waals surface area (Å²) in [5.41, 5.74) is -2.29. The van der Waals surface area contributed by atoms with E-state index in [-0.39, 0.29) is 24.3 Å². The number of aliphatic hydroxyl groups excluding tert-OH is 2. The molecule has 0 aliphatic carbocycles.